The number of dihydropyridines is 1. The van der Waals surface area contributed by atoms with Crippen molar-refractivity contribution in [3.63, 3.8) is 0 Å². The average molecular weight is 550 g/mol. The van der Waals surface area contributed by atoms with Gasteiger partial charge < -0.3 is 10.6 Å². The van der Waals surface area contributed by atoms with E-state index in [-0.39, 0.29) is 41.4 Å². The second-order valence-corrected chi connectivity index (χ2v) is 13.4. The highest BCUT2D eigenvalue weighted by Gasteiger charge is 2.75. The molecule has 10 aliphatic rings. The number of fused-ring (bicyclic) bond motifs is 4. The zero-order chi connectivity index (χ0) is 27.5. The van der Waals surface area contributed by atoms with E-state index >= 15 is 0 Å². The fraction of sp³-hybridized carbons (Fsp3) is 0.278. The summed E-state index contributed by atoms with van der Waals surface area (Å²) >= 11 is 0. The molecule has 6 nitrogen and oxygen atoms in total. The van der Waals surface area contributed by atoms with Gasteiger partial charge in [-0.2, -0.15) is 0 Å². The summed E-state index contributed by atoms with van der Waals surface area (Å²) in [5.74, 6) is 0.433. The predicted octanol–water partition coefficient (Wildman–Crippen LogP) is 4.17. The Bertz CT molecular complexity index is 1940. The maximum absolute atomic E-state index is 14.0. The number of anilines is 1. The lowest BCUT2D eigenvalue weighted by Crippen LogP contribution is -2.75. The highest BCUT2D eigenvalue weighted by molar-refractivity contribution is 6.08. The lowest BCUT2D eigenvalue weighted by atomic mass is 9.56. The van der Waals surface area contributed by atoms with Crippen LogP contribution in [0, 0.1) is 17.8 Å². The van der Waals surface area contributed by atoms with Gasteiger partial charge in [-0.15, -0.1) is 0 Å². The number of ketones is 2. The van der Waals surface area contributed by atoms with Crippen molar-refractivity contribution in [1.29, 1.82) is 0 Å². The molecule has 6 heteroatoms. The first-order valence-corrected chi connectivity index (χ1v) is 15.3. The molecule has 6 aliphatic carbocycles. The summed E-state index contributed by atoms with van der Waals surface area (Å²) in [5.41, 5.74) is 13.5. The molecule has 7 unspecified atom stereocenters. The Labute approximate surface area is 243 Å². The van der Waals surface area contributed by atoms with Gasteiger partial charge in [0.05, 0.1) is 12.6 Å². The number of hydrogen-bond donors (Lipinski definition) is 3. The van der Waals surface area contributed by atoms with Gasteiger partial charge in [0.15, 0.2) is 17.3 Å². The highest BCUT2D eigenvalue weighted by Crippen LogP contribution is 2.65. The summed E-state index contributed by atoms with van der Waals surface area (Å²) in [6.07, 6.45) is 21.1. The molecular weight excluding hydrogens is 520 g/mol. The Morgan fingerprint density at radius 2 is 1.88 bits per heavy atom. The maximum Gasteiger partial charge on any atom is 0.260 e. The SMILES string of the molecule is O=C1C=CC2C(C1)NC13Nc4ccccc4[N+]21CC1C=CC2=C4C(=CC=C3C41)C1C=CC3=C4C(=CNC3)CC(=O)C2=C41. The molecule has 3 N–H and O–H groups in total. The summed E-state index contributed by atoms with van der Waals surface area (Å²) in [4.78, 5) is 26.6. The molecule has 1 aromatic rings. The summed E-state index contributed by atoms with van der Waals surface area (Å²) in [6, 6.07) is 8.96. The number of para-hydroxylation sites is 2. The van der Waals surface area contributed by atoms with Crippen molar-refractivity contribution in [3.05, 3.63) is 129 Å². The van der Waals surface area contributed by atoms with Crippen LogP contribution in [0.25, 0.3) is 0 Å². The smallest absolute Gasteiger partial charge is 0.260 e. The van der Waals surface area contributed by atoms with Gasteiger partial charge in [0.2, 0.25) is 0 Å². The van der Waals surface area contributed by atoms with Gasteiger partial charge in [0.25, 0.3) is 5.79 Å². The molecular formula is C36H29N4O2+. The average Bonchev–Trinajstić information content (AvgIpc) is 3.45. The number of allylic oxidation sites excluding steroid dienone is 12. The first kappa shape index (κ1) is 22.4. The monoisotopic (exact) mass is 549 g/mol. The summed E-state index contributed by atoms with van der Waals surface area (Å²) in [6.45, 7) is 1.73. The Hall–Kier alpha value is -4.26. The Kier molecular flexibility index (Phi) is 3.74. The third-order valence-corrected chi connectivity index (χ3v) is 11.8. The van der Waals surface area contributed by atoms with Crippen LogP contribution < -0.4 is 20.4 Å². The van der Waals surface area contributed by atoms with Gasteiger partial charge in [0, 0.05) is 60.6 Å². The molecule has 7 atom stereocenters. The van der Waals surface area contributed by atoms with Crippen LogP contribution in [0.3, 0.4) is 0 Å². The van der Waals surface area contributed by atoms with E-state index in [1.54, 1.807) is 0 Å². The van der Waals surface area contributed by atoms with Gasteiger partial charge in [-0.3, -0.25) is 9.59 Å². The van der Waals surface area contributed by atoms with Crippen molar-refractivity contribution < 1.29 is 9.59 Å². The fourth-order valence-electron chi connectivity index (χ4n) is 10.5. The Morgan fingerprint density at radius 3 is 2.83 bits per heavy atom. The van der Waals surface area contributed by atoms with Crippen LogP contribution in [0.5, 0.6) is 0 Å². The quantitative estimate of drug-likeness (QED) is 0.424. The van der Waals surface area contributed by atoms with Gasteiger partial charge in [-0.05, 0) is 57.2 Å². The minimum Gasteiger partial charge on any atom is -0.387 e. The van der Waals surface area contributed by atoms with Crippen molar-refractivity contribution in [2.45, 2.75) is 30.7 Å². The number of nitrogens with one attached hydrogen (secondary N) is 3. The van der Waals surface area contributed by atoms with E-state index in [4.69, 9.17) is 0 Å². The molecule has 204 valence electrons. The Balaban J connectivity index is 1.17. The zero-order valence-electron chi connectivity index (χ0n) is 23.0. The number of carbonyl (C=O) groups excluding carboxylic acids is 2. The van der Waals surface area contributed by atoms with Crippen molar-refractivity contribution in [2.24, 2.45) is 17.8 Å². The second kappa shape index (κ2) is 7.02. The minimum atomic E-state index is -0.547. The molecule has 2 saturated heterocycles. The minimum absolute atomic E-state index is 0.0598. The molecule has 4 heterocycles. The van der Waals surface area contributed by atoms with Crippen LogP contribution in [0.4, 0.5) is 11.4 Å². The van der Waals surface area contributed by atoms with Crippen molar-refractivity contribution in [2.75, 3.05) is 18.4 Å². The van der Waals surface area contributed by atoms with Gasteiger partial charge >= 0.3 is 0 Å². The lowest BCUT2D eigenvalue weighted by Gasteiger charge is -2.56. The molecule has 11 rings (SSSR count). The number of carbonyl (C=O) groups is 2. The number of benzene rings is 1. The number of hydrogen-bond acceptors (Lipinski definition) is 5. The van der Waals surface area contributed by atoms with Crippen LogP contribution in [-0.2, 0) is 9.59 Å². The van der Waals surface area contributed by atoms with E-state index in [0.717, 1.165) is 40.0 Å². The van der Waals surface area contributed by atoms with Crippen LogP contribution in [0.2, 0.25) is 0 Å². The van der Waals surface area contributed by atoms with Crippen LogP contribution >= 0.6 is 0 Å². The Morgan fingerprint density at radius 1 is 0.952 bits per heavy atom. The molecule has 0 spiro atoms. The van der Waals surface area contributed by atoms with Crippen LogP contribution in [-0.4, -0.2) is 42.5 Å². The molecule has 0 bridgehead atoms. The highest BCUT2D eigenvalue weighted by atomic mass is 16.1. The van der Waals surface area contributed by atoms with E-state index in [1.807, 2.05) is 6.08 Å². The van der Waals surface area contributed by atoms with Gasteiger partial charge in [0.1, 0.15) is 11.7 Å². The zero-order valence-corrected chi connectivity index (χ0v) is 23.0. The van der Waals surface area contributed by atoms with E-state index < -0.39 is 5.79 Å². The molecule has 0 radical (unpaired) electrons. The van der Waals surface area contributed by atoms with E-state index in [9.17, 15) is 9.59 Å². The predicted molar refractivity (Wildman–Crippen MR) is 161 cm³/mol. The van der Waals surface area contributed by atoms with E-state index in [0.29, 0.717) is 12.8 Å². The molecule has 0 amide bonds. The van der Waals surface area contributed by atoms with Crippen molar-refractivity contribution in [3.8, 4) is 0 Å². The third-order valence-electron chi connectivity index (χ3n) is 11.8. The van der Waals surface area contributed by atoms with Gasteiger partial charge in [-0.1, -0.05) is 48.6 Å². The number of rotatable bonds is 0. The lowest BCUT2D eigenvalue weighted by molar-refractivity contribution is -0.116. The molecule has 0 saturated carbocycles. The second-order valence-electron chi connectivity index (χ2n) is 13.4. The summed E-state index contributed by atoms with van der Waals surface area (Å²) in [5, 5.41) is 11.5. The first-order chi connectivity index (χ1) is 20.6. The molecule has 2 fully saturated rings. The number of piperidine rings is 1. The van der Waals surface area contributed by atoms with Crippen molar-refractivity contribution in [1.82, 2.24) is 15.1 Å². The summed E-state index contributed by atoms with van der Waals surface area (Å²) in [7, 11) is 0. The maximum atomic E-state index is 14.0. The number of Topliss-reactive ketones (excluding diaryl/α,β-unsaturated/α-hetero) is 1. The standard InChI is InChI=1S/C36H29N4O2/c41-21-7-12-29-27(14-21)39-36-25-11-10-22-23-8-5-18-15-37-16-20-13-30(42)34(35(23)31(18)20)24-9-6-19(32(25)33(22)24)17-40(29,36)28-4-2-1-3-26(28)38-36/h1-12,16,19,23,27,29,32,37-39H,13-15,17H2/q+1. The van der Waals surface area contributed by atoms with Crippen molar-refractivity contribution >= 4 is 22.9 Å². The fourth-order valence-corrected chi connectivity index (χ4v) is 10.5. The van der Waals surface area contributed by atoms with Crippen LogP contribution in [0.1, 0.15) is 12.8 Å². The summed E-state index contributed by atoms with van der Waals surface area (Å²) < 4.78 is 0.744. The number of nitrogens with zero attached hydrogens (tertiary/aromatic N) is 1. The first-order valence-electron chi connectivity index (χ1n) is 15.3. The largest absolute Gasteiger partial charge is 0.387 e. The molecule has 42 heavy (non-hydrogen) atoms. The number of quaternary nitrogens is 1. The molecule has 0 aromatic heterocycles. The van der Waals surface area contributed by atoms with E-state index in [1.165, 1.54) is 39.1 Å². The molecule has 1 aromatic carbocycles. The topological polar surface area (TPSA) is 70.2 Å². The van der Waals surface area contributed by atoms with Gasteiger partial charge in [-0.25, -0.2) is 9.80 Å². The normalized spacial score (nSPS) is 40.2. The molecule has 4 aliphatic heterocycles. The third kappa shape index (κ3) is 2.24. The van der Waals surface area contributed by atoms with E-state index in [2.05, 4.69) is 88.9 Å². The van der Waals surface area contributed by atoms with Crippen LogP contribution in [0.15, 0.2) is 129 Å².